The van der Waals surface area contributed by atoms with E-state index in [9.17, 15) is 14.7 Å². The van der Waals surface area contributed by atoms with Gasteiger partial charge in [0.2, 0.25) is 0 Å². The molecule has 0 aliphatic heterocycles. The number of carboxylic acids is 1. The van der Waals surface area contributed by atoms with Crippen molar-refractivity contribution in [2.75, 3.05) is 6.61 Å². The Morgan fingerprint density at radius 2 is 1.63 bits per heavy atom. The molecule has 30 heavy (non-hydrogen) atoms. The quantitative estimate of drug-likeness (QED) is 0.384. The molecule has 0 bridgehead atoms. The van der Waals surface area contributed by atoms with Crippen LogP contribution in [0.25, 0.3) is 0 Å². The fraction of sp³-hybridized carbons (Fsp3) is 0.250. The fourth-order valence-corrected chi connectivity index (χ4v) is 3.39. The molecule has 0 amide bonds. The van der Waals surface area contributed by atoms with E-state index in [-0.39, 0.29) is 11.5 Å². The summed E-state index contributed by atoms with van der Waals surface area (Å²) in [5.74, 6) is -0.530. The lowest BCUT2D eigenvalue weighted by molar-refractivity contribution is 0.0684. The van der Waals surface area contributed by atoms with Gasteiger partial charge in [0.25, 0.3) is 0 Å². The first-order valence-corrected chi connectivity index (χ1v) is 10.1. The van der Waals surface area contributed by atoms with Gasteiger partial charge in [-0.3, -0.25) is 4.79 Å². The number of aromatic nitrogens is 1. The number of halogens is 1. The van der Waals surface area contributed by atoms with Gasteiger partial charge < -0.3 is 14.4 Å². The molecule has 6 heteroatoms. The largest absolute Gasteiger partial charge is 0.494 e. The van der Waals surface area contributed by atoms with Crippen LogP contribution in [0.5, 0.6) is 5.75 Å². The molecule has 0 fully saturated rings. The van der Waals surface area contributed by atoms with Crippen LogP contribution in [0.4, 0.5) is 0 Å². The highest BCUT2D eigenvalue weighted by Crippen LogP contribution is 2.26. The van der Waals surface area contributed by atoms with Gasteiger partial charge in [-0.25, -0.2) is 4.79 Å². The SMILES string of the molecule is Cc1ccc(C(=O)c2cc(C(=O)O)n(CCCOc3cc(C)c(Cl)c(C)c3)c2)cc1. The fourth-order valence-electron chi connectivity index (χ4n) is 3.28. The molecule has 0 aliphatic rings. The van der Waals surface area contributed by atoms with Gasteiger partial charge >= 0.3 is 5.97 Å². The lowest BCUT2D eigenvalue weighted by atomic mass is 10.0. The van der Waals surface area contributed by atoms with Crippen molar-refractivity contribution < 1.29 is 19.4 Å². The normalized spacial score (nSPS) is 10.8. The Balaban J connectivity index is 1.67. The highest BCUT2D eigenvalue weighted by molar-refractivity contribution is 6.32. The standard InChI is InChI=1S/C24H24ClNO4/c1-15-5-7-18(8-6-15)23(27)19-13-21(24(28)29)26(14-19)9-4-10-30-20-11-16(2)22(25)17(3)12-20/h5-8,11-14H,4,9-10H2,1-3H3,(H,28,29). The van der Waals surface area contributed by atoms with Crippen molar-refractivity contribution >= 4 is 23.4 Å². The van der Waals surface area contributed by atoms with Gasteiger partial charge in [0.1, 0.15) is 11.4 Å². The number of aromatic carboxylic acids is 1. The van der Waals surface area contributed by atoms with Crippen LogP contribution in [-0.4, -0.2) is 28.0 Å². The Bertz CT molecular complexity index is 1060. The van der Waals surface area contributed by atoms with Crippen LogP contribution < -0.4 is 4.74 Å². The second-order valence-corrected chi connectivity index (χ2v) is 7.76. The number of benzene rings is 2. The average molecular weight is 426 g/mol. The lowest BCUT2D eigenvalue weighted by Crippen LogP contribution is -2.10. The third kappa shape index (κ3) is 4.92. The maximum absolute atomic E-state index is 12.7. The maximum Gasteiger partial charge on any atom is 0.352 e. The Morgan fingerprint density at radius 3 is 2.23 bits per heavy atom. The Morgan fingerprint density at radius 1 is 1.00 bits per heavy atom. The topological polar surface area (TPSA) is 68.5 Å². The summed E-state index contributed by atoms with van der Waals surface area (Å²) in [4.78, 5) is 24.3. The third-order valence-electron chi connectivity index (χ3n) is 4.91. The summed E-state index contributed by atoms with van der Waals surface area (Å²) in [5, 5.41) is 10.2. The molecule has 0 saturated heterocycles. The minimum absolute atomic E-state index is 0.0867. The molecule has 1 heterocycles. The van der Waals surface area contributed by atoms with Crippen LogP contribution in [0, 0.1) is 20.8 Å². The van der Waals surface area contributed by atoms with E-state index < -0.39 is 5.97 Å². The molecule has 1 aromatic heterocycles. The summed E-state index contributed by atoms with van der Waals surface area (Å²) in [6.45, 7) is 6.64. The van der Waals surface area contributed by atoms with E-state index in [1.54, 1.807) is 22.9 Å². The van der Waals surface area contributed by atoms with Gasteiger partial charge in [-0.05, 0) is 56.5 Å². The van der Waals surface area contributed by atoms with Crippen LogP contribution in [0.15, 0.2) is 48.7 Å². The zero-order valence-electron chi connectivity index (χ0n) is 17.2. The monoisotopic (exact) mass is 425 g/mol. The van der Waals surface area contributed by atoms with Crippen LogP contribution in [0.1, 0.15) is 49.5 Å². The van der Waals surface area contributed by atoms with Crippen molar-refractivity contribution in [2.24, 2.45) is 0 Å². The van der Waals surface area contributed by atoms with E-state index in [1.165, 1.54) is 6.07 Å². The summed E-state index contributed by atoms with van der Waals surface area (Å²) < 4.78 is 7.38. The molecule has 5 nitrogen and oxygen atoms in total. The van der Waals surface area contributed by atoms with Gasteiger partial charge in [0, 0.05) is 28.9 Å². The Labute approximate surface area is 180 Å². The van der Waals surface area contributed by atoms with E-state index in [0.29, 0.717) is 30.7 Å². The second-order valence-electron chi connectivity index (χ2n) is 7.38. The van der Waals surface area contributed by atoms with Crippen LogP contribution in [0.3, 0.4) is 0 Å². The number of hydrogen-bond acceptors (Lipinski definition) is 3. The van der Waals surface area contributed by atoms with E-state index >= 15 is 0 Å². The lowest BCUT2D eigenvalue weighted by Gasteiger charge is -2.11. The molecule has 1 N–H and O–H groups in total. The van der Waals surface area contributed by atoms with Gasteiger partial charge in [-0.2, -0.15) is 0 Å². The van der Waals surface area contributed by atoms with Crippen molar-refractivity contribution in [1.29, 1.82) is 0 Å². The van der Waals surface area contributed by atoms with Gasteiger partial charge in [0.05, 0.1) is 6.61 Å². The first kappa shape index (κ1) is 21.7. The number of carboxylic acid groups (broad SMARTS) is 1. The Kier molecular flexibility index (Phi) is 6.63. The molecule has 156 valence electrons. The molecule has 0 radical (unpaired) electrons. The summed E-state index contributed by atoms with van der Waals surface area (Å²) in [5.41, 5.74) is 3.94. The van der Waals surface area contributed by atoms with Gasteiger partial charge in [-0.1, -0.05) is 41.4 Å². The van der Waals surface area contributed by atoms with Crippen molar-refractivity contribution in [1.82, 2.24) is 4.57 Å². The van der Waals surface area contributed by atoms with E-state index in [4.69, 9.17) is 16.3 Å². The highest BCUT2D eigenvalue weighted by Gasteiger charge is 2.18. The summed E-state index contributed by atoms with van der Waals surface area (Å²) in [6, 6.07) is 12.4. The van der Waals surface area contributed by atoms with Crippen LogP contribution in [-0.2, 0) is 6.54 Å². The number of ketones is 1. The van der Waals surface area contributed by atoms with Crippen LogP contribution in [0.2, 0.25) is 5.02 Å². The number of ether oxygens (including phenoxy) is 1. The van der Waals surface area contributed by atoms with Gasteiger partial charge in [-0.15, -0.1) is 0 Å². The number of nitrogens with zero attached hydrogens (tertiary/aromatic N) is 1. The third-order valence-corrected chi connectivity index (χ3v) is 5.51. The van der Waals surface area contributed by atoms with Crippen LogP contribution >= 0.6 is 11.6 Å². The number of aryl methyl sites for hydroxylation is 4. The molecule has 0 spiro atoms. The molecule has 3 aromatic rings. The summed E-state index contributed by atoms with van der Waals surface area (Å²) >= 11 is 6.18. The first-order valence-electron chi connectivity index (χ1n) is 9.70. The minimum Gasteiger partial charge on any atom is -0.494 e. The number of carbonyl (C=O) groups is 2. The van der Waals surface area contributed by atoms with Crippen molar-refractivity contribution in [3.63, 3.8) is 0 Å². The van der Waals surface area contributed by atoms with Gasteiger partial charge in [0.15, 0.2) is 5.78 Å². The molecular weight excluding hydrogens is 402 g/mol. The molecule has 0 atom stereocenters. The molecule has 0 unspecified atom stereocenters. The summed E-state index contributed by atoms with van der Waals surface area (Å²) in [6.07, 6.45) is 2.19. The number of rotatable bonds is 8. The zero-order valence-corrected chi connectivity index (χ0v) is 18.0. The Hall–Kier alpha value is -3.05. The first-order chi connectivity index (χ1) is 14.3. The van der Waals surface area contributed by atoms with E-state index in [1.807, 2.05) is 45.0 Å². The number of carbonyl (C=O) groups excluding carboxylic acids is 1. The number of hydrogen-bond donors (Lipinski definition) is 1. The predicted molar refractivity (Wildman–Crippen MR) is 117 cm³/mol. The van der Waals surface area contributed by atoms with E-state index in [2.05, 4.69) is 0 Å². The highest BCUT2D eigenvalue weighted by atomic mass is 35.5. The smallest absolute Gasteiger partial charge is 0.352 e. The zero-order chi connectivity index (χ0) is 21.8. The van der Waals surface area contributed by atoms with E-state index in [0.717, 1.165) is 27.5 Å². The molecule has 0 saturated carbocycles. The molecule has 2 aromatic carbocycles. The molecular formula is C24H24ClNO4. The van der Waals surface area contributed by atoms with Crippen molar-refractivity contribution in [3.05, 3.63) is 87.2 Å². The van der Waals surface area contributed by atoms with Crippen molar-refractivity contribution in [3.8, 4) is 5.75 Å². The molecule has 3 rings (SSSR count). The average Bonchev–Trinajstić information content (AvgIpc) is 3.14. The molecule has 0 aliphatic carbocycles. The van der Waals surface area contributed by atoms with Crippen molar-refractivity contribution in [2.45, 2.75) is 33.7 Å². The maximum atomic E-state index is 12.7. The predicted octanol–water partition coefficient (Wildman–Crippen LogP) is 5.47. The minimum atomic E-state index is -1.07. The second kappa shape index (κ2) is 9.18. The summed E-state index contributed by atoms with van der Waals surface area (Å²) in [7, 11) is 0.